The molecule has 0 aromatic carbocycles. The largest absolute Gasteiger partial charge is 0.480 e. The van der Waals surface area contributed by atoms with E-state index in [1.807, 2.05) is 0 Å². The van der Waals surface area contributed by atoms with Gasteiger partial charge >= 0.3 is 12.1 Å². The number of aliphatic carboxylic acids is 1. The van der Waals surface area contributed by atoms with Crippen LogP contribution in [0, 0.1) is 0 Å². The van der Waals surface area contributed by atoms with Gasteiger partial charge in [-0.2, -0.15) is 13.2 Å². The van der Waals surface area contributed by atoms with Gasteiger partial charge in [0.2, 0.25) is 0 Å². The van der Waals surface area contributed by atoms with Crippen LogP contribution in [0.1, 0.15) is 26.7 Å². The summed E-state index contributed by atoms with van der Waals surface area (Å²) in [5, 5.41) is 8.81. The number of halogens is 3. The fourth-order valence-electron chi connectivity index (χ4n) is 0.959. The summed E-state index contributed by atoms with van der Waals surface area (Å²) >= 11 is 0. The molecule has 90 valence electrons. The van der Waals surface area contributed by atoms with Gasteiger partial charge in [-0.05, 0) is 33.9 Å². The molecule has 15 heavy (non-hydrogen) atoms. The molecule has 0 fully saturated rings. The van der Waals surface area contributed by atoms with Gasteiger partial charge in [-0.15, -0.1) is 0 Å². The fourth-order valence-corrected chi connectivity index (χ4v) is 0.959. The molecule has 0 bridgehead atoms. The Kier molecular flexibility index (Phi) is 4.58. The smallest absolute Gasteiger partial charge is 0.389 e. The second kappa shape index (κ2) is 4.83. The molecule has 3 nitrogen and oxygen atoms in total. The van der Waals surface area contributed by atoms with Gasteiger partial charge in [-0.3, -0.25) is 9.69 Å². The molecule has 1 N–H and O–H groups in total. The molecule has 0 atom stereocenters. The topological polar surface area (TPSA) is 40.5 Å². The van der Waals surface area contributed by atoms with Gasteiger partial charge < -0.3 is 5.11 Å². The van der Waals surface area contributed by atoms with E-state index >= 15 is 0 Å². The molecular weight excluding hydrogens is 211 g/mol. The van der Waals surface area contributed by atoms with Crippen molar-refractivity contribution in [1.82, 2.24) is 4.90 Å². The van der Waals surface area contributed by atoms with Gasteiger partial charge in [0.25, 0.3) is 0 Å². The molecule has 0 rings (SSSR count). The maximum Gasteiger partial charge on any atom is 0.389 e. The second-order valence-electron chi connectivity index (χ2n) is 4.00. The van der Waals surface area contributed by atoms with E-state index in [0.29, 0.717) is 0 Å². The van der Waals surface area contributed by atoms with E-state index in [4.69, 9.17) is 5.11 Å². The lowest BCUT2D eigenvalue weighted by molar-refractivity contribution is -0.149. The predicted octanol–water partition coefficient (Wildman–Crippen LogP) is 2.12. The standard InChI is InChI=1S/C9H16F3NO2/c1-8(2,7(14)15)13(3)6-4-5-9(10,11)12/h4-6H2,1-3H3,(H,14,15). The van der Waals surface area contributed by atoms with Crippen LogP contribution in [-0.2, 0) is 4.79 Å². The number of hydrogen-bond acceptors (Lipinski definition) is 2. The zero-order chi connectivity index (χ0) is 12.3. The van der Waals surface area contributed by atoms with Crippen LogP contribution in [0.4, 0.5) is 13.2 Å². The van der Waals surface area contributed by atoms with Crippen molar-refractivity contribution in [2.24, 2.45) is 0 Å². The van der Waals surface area contributed by atoms with Crippen molar-refractivity contribution >= 4 is 5.97 Å². The van der Waals surface area contributed by atoms with E-state index in [0.717, 1.165) is 0 Å². The summed E-state index contributed by atoms with van der Waals surface area (Å²) in [6.45, 7) is 3.03. The molecule has 0 saturated carbocycles. The van der Waals surface area contributed by atoms with Crippen LogP contribution in [0.5, 0.6) is 0 Å². The number of carbonyl (C=O) groups is 1. The normalized spacial score (nSPS) is 13.3. The summed E-state index contributed by atoms with van der Waals surface area (Å²) in [4.78, 5) is 12.2. The lowest BCUT2D eigenvalue weighted by atomic mass is 10.0. The zero-order valence-electron chi connectivity index (χ0n) is 9.06. The molecule has 0 aliphatic rings. The summed E-state index contributed by atoms with van der Waals surface area (Å²) in [7, 11) is 1.50. The lowest BCUT2D eigenvalue weighted by Gasteiger charge is -2.31. The van der Waals surface area contributed by atoms with Gasteiger partial charge in [0.1, 0.15) is 5.54 Å². The first-order valence-corrected chi connectivity index (χ1v) is 4.59. The maximum absolute atomic E-state index is 11.8. The Bertz CT molecular complexity index is 226. The molecule has 0 unspecified atom stereocenters. The van der Waals surface area contributed by atoms with Crippen LogP contribution < -0.4 is 0 Å². The number of hydrogen-bond donors (Lipinski definition) is 1. The number of carboxylic acid groups (broad SMARTS) is 1. The molecule has 0 heterocycles. The van der Waals surface area contributed by atoms with Crippen LogP contribution in [0.3, 0.4) is 0 Å². The highest BCUT2D eigenvalue weighted by Crippen LogP contribution is 2.22. The molecule has 0 aromatic rings. The molecule has 0 spiro atoms. The Balaban J connectivity index is 4.05. The van der Waals surface area contributed by atoms with E-state index in [9.17, 15) is 18.0 Å². The van der Waals surface area contributed by atoms with Crippen molar-refractivity contribution in [3.05, 3.63) is 0 Å². The average molecular weight is 227 g/mol. The van der Waals surface area contributed by atoms with Crippen molar-refractivity contribution in [3.63, 3.8) is 0 Å². The molecule has 6 heteroatoms. The van der Waals surface area contributed by atoms with Crippen LogP contribution in [0.2, 0.25) is 0 Å². The van der Waals surface area contributed by atoms with Gasteiger partial charge in [-0.1, -0.05) is 0 Å². The monoisotopic (exact) mass is 227 g/mol. The number of rotatable bonds is 5. The van der Waals surface area contributed by atoms with Crippen molar-refractivity contribution in [2.45, 2.75) is 38.4 Å². The SMILES string of the molecule is CN(CCCC(F)(F)F)C(C)(C)C(=O)O. The van der Waals surface area contributed by atoms with Gasteiger partial charge in [0.15, 0.2) is 0 Å². The third kappa shape index (κ3) is 5.01. The Morgan fingerprint density at radius 1 is 1.33 bits per heavy atom. The van der Waals surface area contributed by atoms with E-state index in [1.165, 1.54) is 25.8 Å². The minimum atomic E-state index is -4.17. The first kappa shape index (κ1) is 14.2. The number of alkyl halides is 3. The summed E-state index contributed by atoms with van der Waals surface area (Å²) in [5.74, 6) is -1.04. The van der Waals surface area contributed by atoms with Crippen LogP contribution in [0.15, 0.2) is 0 Å². The van der Waals surface area contributed by atoms with E-state index in [2.05, 4.69) is 0 Å². The highest BCUT2D eigenvalue weighted by molar-refractivity contribution is 5.77. The summed E-state index contributed by atoms with van der Waals surface area (Å²) in [5.41, 5.74) is -1.13. The summed E-state index contributed by atoms with van der Waals surface area (Å²) < 4.78 is 35.5. The van der Waals surface area contributed by atoms with Crippen LogP contribution in [-0.4, -0.2) is 41.3 Å². The summed E-state index contributed by atoms with van der Waals surface area (Å²) in [6, 6.07) is 0. The number of carboxylic acids is 1. The molecular formula is C9H16F3NO2. The van der Waals surface area contributed by atoms with Crippen LogP contribution in [0.25, 0.3) is 0 Å². The van der Waals surface area contributed by atoms with E-state index in [1.54, 1.807) is 0 Å². The predicted molar refractivity (Wildman–Crippen MR) is 49.6 cm³/mol. The first-order valence-electron chi connectivity index (χ1n) is 4.59. The second-order valence-corrected chi connectivity index (χ2v) is 4.00. The lowest BCUT2D eigenvalue weighted by Crippen LogP contribution is -2.48. The third-order valence-electron chi connectivity index (χ3n) is 2.43. The van der Waals surface area contributed by atoms with E-state index < -0.39 is 24.1 Å². The molecule has 0 radical (unpaired) electrons. The Morgan fingerprint density at radius 2 is 1.80 bits per heavy atom. The molecule has 0 aromatic heterocycles. The minimum Gasteiger partial charge on any atom is -0.480 e. The minimum absolute atomic E-state index is 0.0866. The Hall–Kier alpha value is -0.780. The maximum atomic E-state index is 11.8. The van der Waals surface area contributed by atoms with Gasteiger partial charge in [0.05, 0.1) is 0 Å². The number of nitrogens with zero attached hydrogens (tertiary/aromatic N) is 1. The average Bonchev–Trinajstić information content (AvgIpc) is 2.01. The van der Waals surface area contributed by atoms with Crippen molar-refractivity contribution < 1.29 is 23.1 Å². The molecule has 0 saturated heterocycles. The van der Waals surface area contributed by atoms with Crippen molar-refractivity contribution in [2.75, 3.05) is 13.6 Å². The Labute approximate surface area is 86.9 Å². The highest BCUT2D eigenvalue weighted by Gasteiger charge is 2.33. The van der Waals surface area contributed by atoms with Gasteiger partial charge in [0, 0.05) is 6.42 Å². The van der Waals surface area contributed by atoms with Gasteiger partial charge in [-0.25, -0.2) is 0 Å². The first-order chi connectivity index (χ1) is 6.57. The van der Waals surface area contributed by atoms with Crippen LogP contribution >= 0.6 is 0 Å². The number of likely N-dealkylation sites (N-methyl/N-ethyl adjacent to an activating group) is 1. The third-order valence-corrected chi connectivity index (χ3v) is 2.43. The molecule has 0 amide bonds. The summed E-state index contributed by atoms with van der Waals surface area (Å²) in [6.07, 6.45) is -5.14. The van der Waals surface area contributed by atoms with Crippen molar-refractivity contribution in [1.29, 1.82) is 0 Å². The molecule has 0 aliphatic carbocycles. The van der Waals surface area contributed by atoms with Crippen molar-refractivity contribution in [3.8, 4) is 0 Å². The Morgan fingerprint density at radius 3 is 2.13 bits per heavy atom. The van der Waals surface area contributed by atoms with E-state index in [-0.39, 0.29) is 13.0 Å². The quantitative estimate of drug-likeness (QED) is 0.782. The highest BCUT2D eigenvalue weighted by atomic mass is 19.4. The zero-order valence-corrected chi connectivity index (χ0v) is 9.06. The fraction of sp³-hybridized carbons (Fsp3) is 0.889. The molecule has 0 aliphatic heterocycles.